The summed E-state index contributed by atoms with van der Waals surface area (Å²) in [5.74, 6) is 0. The predicted octanol–water partition coefficient (Wildman–Crippen LogP) is 7.36. The molecule has 0 radical (unpaired) electrons. The lowest BCUT2D eigenvalue weighted by molar-refractivity contribution is 0.0695. The molecular weight excluding hydrogens is 512 g/mol. The molecule has 40 heavy (non-hydrogen) atoms. The Labute approximate surface area is 243 Å². The van der Waals surface area contributed by atoms with Gasteiger partial charge in [-0.05, 0) is 50.4 Å². The highest BCUT2D eigenvalue weighted by molar-refractivity contribution is 6.60. The van der Waals surface area contributed by atoms with Crippen molar-refractivity contribution in [2.45, 2.75) is 52.4 Å². The monoisotopic (exact) mass is 560 g/mol. The Bertz CT molecular complexity index is 1050. The van der Waals surface area contributed by atoms with E-state index in [0.717, 1.165) is 45.2 Å². The molecule has 3 aromatic rings. The van der Waals surface area contributed by atoms with Crippen LogP contribution in [0, 0.1) is 0 Å². The van der Waals surface area contributed by atoms with Gasteiger partial charge in [0.05, 0.1) is 6.04 Å². The zero-order valence-corrected chi connectivity index (χ0v) is 25.7. The lowest BCUT2D eigenvalue weighted by atomic mass is 10.0. The van der Waals surface area contributed by atoms with Gasteiger partial charge in [-0.2, -0.15) is 0 Å². The van der Waals surface area contributed by atoms with E-state index in [2.05, 4.69) is 113 Å². The van der Waals surface area contributed by atoms with E-state index < -0.39 is 8.80 Å². The standard InChI is InChI=1S/C34H48N2O3Si/c1-5-34(33-23-16-11-17-24-33)36(30-32-21-14-10-15-22-32)27-26-35(29-31-19-12-9-13-20-31)25-18-28-40(37-6-2,38-7-3)39-8-4/h5,9-17,19-24,34H,1,6-8,18,25-30H2,2-4H3. The van der Waals surface area contributed by atoms with E-state index in [-0.39, 0.29) is 6.04 Å². The van der Waals surface area contributed by atoms with Gasteiger partial charge in [0.1, 0.15) is 0 Å². The van der Waals surface area contributed by atoms with Crippen molar-refractivity contribution in [1.29, 1.82) is 0 Å². The molecule has 0 amide bonds. The fourth-order valence-corrected chi connectivity index (χ4v) is 7.78. The molecule has 0 bridgehead atoms. The number of hydrogen-bond donors (Lipinski definition) is 0. The van der Waals surface area contributed by atoms with Gasteiger partial charge in [0, 0.05) is 52.0 Å². The summed E-state index contributed by atoms with van der Waals surface area (Å²) in [6.45, 7) is 16.7. The molecule has 3 aromatic carbocycles. The Balaban J connectivity index is 1.77. The van der Waals surface area contributed by atoms with E-state index in [1.165, 1.54) is 16.7 Å². The zero-order valence-electron chi connectivity index (χ0n) is 24.7. The molecule has 0 heterocycles. The minimum atomic E-state index is -2.67. The van der Waals surface area contributed by atoms with Gasteiger partial charge < -0.3 is 13.3 Å². The highest BCUT2D eigenvalue weighted by Crippen LogP contribution is 2.25. The van der Waals surface area contributed by atoms with Crippen molar-refractivity contribution in [3.63, 3.8) is 0 Å². The summed E-state index contributed by atoms with van der Waals surface area (Å²) < 4.78 is 18.4. The molecule has 0 aliphatic rings. The molecule has 0 N–H and O–H groups in total. The molecule has 0 saturated heterocycles. The summed E-state index contributed by atoms with van der Waals surface area (Å²) in [4.78, 5) is 5.09. The van der Waals surface area contributed by atoms with Gasteiger partial charge in [0.15, 0.2) is 0 Å². The lowest BCUT2D eigenvalue weighted by Gasteiger charge is -2.33. The molecule has 1 unspecified atom stereocenters. The van der Waals surface area contributed by atoms with Crippen molar-refractivity contribution in [2.24, 2.45) is 0 Å². The topological polar surface area (TPSA) is 34.2 Å². The first-order valence-corrected chi connectivity index (χ1v) is 16.7. The van der Waals surface area contributed by atoms with Crippen LogP contribution >= 0.6 is 0 Å². The van der Waals surface area contributed by atoms with E-state index in [1.807, 2.05) is 20.8 Å². The molecular formula is C34H48N2O3Si. The Kier molecular flexibility index (Phi) is 14.3. The maximum absolute atomic E-state index is 6.13. The normalized spacial score (nSPS) is 12.6. The van der Waals surface area contributed by atoms with Gasteiger partial charge in [0.2, 0.25) is 0 Å². The zero-order chi connectivity index (χ0) is 28.5. The average molecular weight is 561 g/mol. The molecule has 0 aliphatic heterocycles. The minimum absolute atomic E-state index is 0.133. The summed E-state index contributed by atoms with van der Waals surface area (Å²) in [6, 6.07) is 33.1. The highest BCUT2D eigenvalue weighted by Gasteiger charge is 2.39. The molecule has 0 spiro atoms. The molecule has 216 valence electrons. The quantitative estimate of drug-likeness (QED) is 0.107. The number of hydrogen-bond acceptors (Lipinski definition) is 5. The van der Waals surface area contributed by atoms with Crippen LogP contribution in [-0.2, 0) is 26.4 Å². The Morgan fingerprint density at radius 2 is 1.18 bits per heavy atom. The van der Waals surface area contributed by atoms with Crippen molar-refractivity contribution >= 4 is 8.80 Å². The van der Waals surface area contributed by atoms with Gasteiger partial charge in [0.25, 0.3) is 0 Å². The first-order chi connectivity index (χ1) is 19.6. The number of rotatable bonds is 20. The van der Waals surface area contributed by atoms with Crippen molar-refractivity contribution in [3.05, 3.63) is 120 Å². The van der Waals surface area contributed by atoms with Gasteiger partial charge in [-0.1, -0.05) is 97.1 Å². The van der Waals surface area contributed by atoms with Crippen molar-refractivity contribution in [1.82, 2.24) is 9.80 Å². The number of benzene rings is 3. The third-order valence-electron chi connectivity index (χ3n) is 6.99. The van der Waals surface area contributed by atoms with Gasteiger partial charge in [-0.25, -0.2) is 0 Å². The molecule has 0 saturated carbocycles. The van der Waals surface area contributed by atoms with Crippen molar-refractivity contribution < 1.29 is 13.3 Å². The van der Waals surface area contributed by atoms with Crippen LogP contribution < -0.4 is 0 Å². The number of nitrogens with zero attached hydrogens (tertiary/aromatic N) is 2. The first kappa shape index (κ1) is 31.9. The second-order valence-electron chi connectivity index (χ2n) is 9.89. The molecule has 5 nitrogen and oxygen atoms in total. The summed E-state index contributed by atoms with van der Waals surface area (Å²) in [5, 5.41) is 0. The predicted molar refractivity (Wildman–Crippen MR) is 168 cm³/mol. The van der Waals surface area contributed by atoms with E-state index in [1.54, 1.807) is 0 Å². The SMILES string of the molecule is C=CC(c1ccccc1)N(CCN(CCC[Si](OCC)(OCC)OCC)Cc1ccccc1)Cc1ccccc1. The van der Waals surface area contributed by atoms with Crippen LogP contribution in [0.2, 0.25) is 6.04 Å². The van der Waals surface area contributed by atoms with Crippen LogP contribution in [0.4, 0.5) is 0 Å². The van der Waals surface area contributed by atoms with Gasteiger partial charge in [-0.15, -0.1) is 6.58 Å². The largest absolute Gasteiger partial charge is 0.500 e. The third-order valence-corrected chi connectivity index (χ3v) is 10.1. The summed E-state index contributed by atoms with van der Waals surface area (Å²) in [5.41, 5.74) is 3.90. The first-order valence-electron chi connectivity index (χ1n) is 14.8. The Morgan fingerprint density at radius 1 is 0.675 bits per heavy atom. The minimum Gasteiger partial charge on any atom is -0.374 e. The van der Waals surface area contributed by atoms with Crippen LogP contribution in [0.1, 0.15) is 49.9 Å². The molecule has 0 aromatic heterocycles. The maximum Gasteiger partial charge on any atom is 0.500 e. The second-order valence-corrected chi connectivity index (χ2v) is 12.6. The summed E-state index contributed by atoms with van der Waals surface area (Å²) in [6.07, 6.45) is 3.04. The van der Waals surface area contributed by atoms with Crippen LogP contribution in [0.3, 0.4) is 0 Å². The lowest BCUT2D eigenvalue weighted by Crippen LogP contribution is -2.46. The molecule has 0 fully saturated rings. The molecule has 6 heteroatoms. The maximum atomic E-state index is 6.13. The smallest absolute Gasteiger partial charge is 0.374 e. The van der Waals surface area contributed by atoms with Crippen LogP contribution in [-0.4, -0.2) is 58.1 Å². The Morgan fingerprint density at radius 3 is 1.68 bits per heavy atom. The van der Waals surface area contributed by atoms with Gasteiger partial charge in [-0.3, -0.25) is 9.80 Å². The van der Waals surface area contributed by atoms with Crippen LogP contribution in [0.5, 0.6) is 0 Å². The molecule has 1 atom stereocenters. The van der Waals surface area contributed by atoms with Gasteiger partial charge >= 0.3 is 8.80 Å². The summed E-state index contributed by atoms with van der Waals surface area (Å²) in [7, 11) is -2.67. The Hall–Kier alpha value is -2.58. The van der Waals surface area contributed by atoms with Crippen LogP contribution in [0.15, 0.2) is 104 Å². The second kappa shape index (κ2) is 18.0. The van der Waals surface area contributed by atoms with Crippen LogP contribution in [0.25, 0.3) is 0 Å². The fraction of sp³-hybridized carbons (Fsp3) is 0.412. The van der Waals surface area contributed by atoms with E-state index in [9.17, 15) is 0 Å². The van der Waals surface area contributed by atoms with E-state index >= 15 is 0 Å². The van der Waals surface area contributed by atoms with Crippen molar-refractivity contribution in [3.8, 4) is 0 Å². The molecule has 3 rings (SSSR count). The van der Waals surface area contributed by atoms with Crippen molar-refractivity contribution in [2.75, 3.05) is 39.5 Å². The summed E-state index contributed by atoms with van der Waals surface area (Å²) >= 11 is 0. The fourth-order valence-electron chi connectivity index (χ4n) is 5.18. The van der Waals surface area contributed by atoms with E-state index in [4.69, 9.17) is 13.3 Å². The van der Waals surface area contributed by atoms with E-state index in [0.29, 0.717) is 19.8 Å². The average Bonchev–Trinajstić information content (AvgIpc) is 2.98. The molecule has 0 aliphatic carbocycles. The third kappa shape index (κ3) is 10.4. The highest BCUT2D eigenvalue weighted by atomic mass is 28.4.